The number of ether oxygens (including phenoxy) is 1. The van der Waals surface area contributed by atoms with Crippen molar-refractivity contribution in [2.75, 3.05) is 0 Å². The summed E-state index contributed by atoms with van der Waals surface area (Å²) in [6.07, 6.45) is 6.53. The Balaban J connectivity index is 1.52. The highest BCUT2D eigenvalue weighted by atomic mass is 16.6. The van der Waals surface area contributed by atoms with Crippen LogP contribution >= 0.6 is 0 Å². The second kappa shape index (κ2) is 3.16. The SMILES string of the molecule is CC1(OC(=O)N2C3CC4CC2CC(C3)N4)CC1. The molecule has 1 N–H and O–H groups in total. The highest BCUT2D eigenvalue weighted by molar-refractivity contribution is 5.70. The molecule has 5 rings (SSSR count). The van der Waals surface area contributed by atoms with Gasteiger partial charge in [-0.05, 0) is 45.4 Å². The number of carbonyl (C=O) groups is 1. The van der Waals surface area contributed by atoms with E-state index in [-0.39, 0.29) is 11.7 Å². The Labute approximate surface area is 102 Å². The molecule has 5 aliphatic rings. The van der Waals surface area contributed by atoms with Gasteiger partial charge in [0.15, 0.2) is 0 Å². The maximum atomic E-state index is 12.3. The molecule has 4 bridgehead atoms. The van der Waals surface area contributed by atoms with E-state index in [2.05, 4.69) is 10.2 Å². The van der Waals surface area contributed by atoms with Crippen LogP contribution in [-0.4, -0.2) is 40.8 Å². The van der Waals surface area contributed by atoms with Crippen LogP contribution in [0.15, 0.2) is 0 Å². The first-order chi connectivity index (χ1) is 8.13. The average Bonchev–Trinajstić information content (AvgIpc) is 2.93. The third kappa shape index (κ3) is 1.57. The summed E-state index contributed by atoms with van der Waals surface area (Å²) in [4.78, 5) is 14.3. The Morgan fingerprint density at radius 2 is 1.71 bits per heavy atom. The second-order valence-corrected chi connectivity index (χ2v) is 6.54. The summed E-state index contributed by atoms with van der Waals surface area (Å²) in [6.45, 7) is 2.05. The van der Waals surface area contributed by atoms with Crippen LogP contribution in [0.4, 0.5) is 4.79 Å². The maximum Gasteiger partial charge on any atom is 0.410 e. The largest absolute Gasteiger partial charge is 0.443 e. The summed E-state index contributed by atoms with van der Waals surface area (Å²) < 4.78 is 5.64. The molecule has 1 amide bonds. The summed E-state index contributed by atoms with van der Waals surface area (Å²) in [6, 6.07) is 2.18. The first kappa shape index (κ1) is 10.2. The van der Waals surface area contributed by atoms with Gasteiger partial charge in [0.2, 0.25) is 0 Å². The van der Waals surface area contributed by atoms with Crippen LogP contribution in [0.3, 0.4) is 0 Å². The molecule has 1 aliphatic carbocycles. The fourth-order valence-corrected chi connectivity index (χ4v) is 3.90. The van der Waals surface area contributed by atoms with Crippen molar-refractivity contribution >= 4 is 6.09 Å². The minimum absolute atomic E-state index is 0.0428. The number of nitrogens with zero attached hydrogens (tertiary/aromatic N) is 1. The number of nitrogens with one attached hydrogen (secondary N) is 1. The molecule has 0 atom stereocenters. The van der Waals surface area contributed by atoms with E-state index >= 15 is 0 Å². The molecular weight excluding hydrogens is 216 g/mol. The molecule has 4 saturated heterocycles. The standard InChI is InChI=1S/C13H20N2O2/c1-13(2-3-13)17-12(16)15-10-4-8-5-11(15)7-9(6-10)14-8/h8-11,14H,2-7H2,1H3. The molecule has 0 aromatic heterocycles. The van der Waals surface area contributed by atoms with Gasteiger partial charge in [-0.3, -0.25) is 0 Å². The van der Waals surface area contributed by atoms with Gasteiger partial charge in [-0.1, -0.05) is 0 Å². The zero-order valence-electron chi connectivity index (χ0n) is 10.3. The topological polar surface area (TPSA) is 41.6 Å². The normalized spacial score (nSPS) is 44.9. The molecule has 0 aromatic rings. The molecule has 17 heavy (non-hydrogen) atoms. The van der Waals surface area contributed by atoms with Crippen molar-refractivity contribution in [1.29, 1.82) is 0 Å². The summed E-state index contributed by atoms with van der Waals surface area (Å²) >= 11 is 0. The first-order valence-electron chi connectivity index (χ1n) is 6.90. The molecule has 1 saturated carbocycles. The molecule has 5 fully saturated rings. The predicted molar refractivity (Wildman–Crippen MR) is 62.7 cm³/mol. The van der Waals surface area contributed by atoms with Crippen molar-refractivity contribution in [1.82, 2.24) is 10.2 Å². The minimum atomic E-state index is -0.135. The number of rotatable bonds is 1. The van der Waals surface area contributed by atoms with Gasteiger partial charge in [0.25, 0.3) is 0 Å². The number of hydrogen-bond acceptors (Lipinski definition) is 3. The first-order valence-corrected chi connectivity index (χ1v) is 6.90. The minimum Gasteiger partial charge on any atom is -0.443 e. The lowest BCUT2D eigenvalue weighted by atomic mass is 9.75. The van der Waals surface area contributed by atoms with Gasteiger partial charge in [0, 0.05) is 24.2 Å². The molecule has 0 radical (unpaired) electrons. The van der Waals surface area contributed by atoms with Crippen LogP contribution in [0.1, 0.15) is 45.4 Å². The maximum absolute atomic E-state index is 12.3. The van der Waals surface area contributed by atoms with Crippen LogP contribution in [0, 0.1) is 0 Å². The predicted octanol–water partition coefficient (Wildman–Crippen LogP) is 1.64. The molecule has 0 aromatic carbocycles. The van der Waals surface area contributed by atoms with Crippen molar-refractivity contribution in [2.45, 2.75) is 75.2 Å². The molecule has 4 aliphatic heterocycles. The molecule has 4 heteroatoms. The fourth-order valence-electron chi connectivity index (χ4n) is 3.90. The molecular formula is C13H20N2O2. The number of amides is 1. The monoisotopic (exact) mass is 236 g/mol. The van der Waals surface area contributed by atoms with Gasteiger partial charge in [0.1, 0.15) is 5.60 Å². The Hall–Kier alpha value is -0.770. The Morgan fingerprint density at radius 3 is 2.18 bits per heavy atom. The summed E-state index contributed by atoms with van der Waals surface area (Å²) in [7, 11) is 0. The van der Waals surface area contributed by atoms with E-state index in [4.69, 9.17) is 4.74 Å². The van der Waals surface area contributed by atoms with Crippen molar-refractivity contribution < 1.29 is 9.53 Å². The lowest BCUT2D eigenvalue weighted by molar-refractivity contribution is -0.0389. The van der Waals surface area contributed by atoms with Gasteiger partial charge in [0.05, 0.1) is 0 Å². The quantitative estimate of drug-likeness (QED) is 0.752. The van der Waals surface area contributed by atoms with Crippen LogP contribution in [-0.2, 0) is 4.74 Å². The lowest BCUT2D eigenvalue weighted by Crippen LogP contribution is -2.68. The van der Waals surface area contributed by atoms with Crippen molar-refractivity contribution in [3.05, 3.63) is 0 Å². The van der Waals surface area contributed by atoms with E-state index < -0.39 is 0 Å². The highest BCUT2D eigenvalue weighted by Crippen LogP contribution is 2.43. The zero-order chi connectivity index (χ0) is 11.6. The van der Waals surface area contributed by atoms with Gasteiger partial charge >= 0.3 is 6.09 Å². The molecule has 0 spiro atoms. The average molecular weight is 236 g/mol. The van der Waals surface area contributed by atoms with Crippen LogP contribution in [0.25, 0.3) is 0 Å². The van der Waals surface area contributed by atoms with Crippen molar-refractivity contribution in [3.8, 4) is 0 Å². The van der Waals surface area contributed by atoms with Crippen LogP contribution < -0.4 is 5.32 Å². The van der Waals surface area contributed by atoms with Gasteiger partial charge in [-0.25, -0.2) is 4.79 Å². The number of piperidine rings is 4. The van der Waals surface area contributed by atoms with Gasteiger partial charge < -0.3 is 15.0 Å². The van der Waals surface area contributed by atoms with Gasteiger partial charge in [-0.2, -0.15) is 0 Å². The third-order valence-corrected chi connectivity index (χ3v) is 4.98. The summed E-state index contributed by atoms with van der Waals surface area (Å²) in [5.74, 6) is 0. The highest BCUT2D eigenvalue weighted by Gasteiger charge is 2.51. The smallest absolute Gasteiger partial charge is 0.410 e. The van der Waals surface area contributed by atoms with E-state index in [0.717, 1.165) is 38.5 Å². The number of carbonyl (C=O) groups excluding carboxylic acids is 1. The Bertz CT molecular complexity index is 336. The Kier molecular flexibility index (Phi) is 1.89. The van der Waals surface area contributed by atoms with Crippen molar-refractivity contribution in [3.63, 3.8) is 0 Å². The van der Waals surface area contributed by atoms with E-state index in [9.17, 15) is 4.79 Å². The molecule has 4 nitrogen and oxygen atoms in total. The molecule has 0 unspecified atom stereocenters. The lowest BCUT2D eigenvalue weighted by Gasteiger charge is -2.56. The van der Waals surface area contributed by atoms with Crippen molar-refractivity contribution in [2.24, 2.45) is 0 Å². The van der Waals surface area contributed by atoms with Crippen LogP contribution in [0.5, 0.6) is 0 Å². The van der Waals surface area contributed by atoms with E-state index in [1.54, 1.807) is 0 Å². The molecule has 94 valence electrons. The summed E-state index contributed by atoms with van der Waals surface area (Å²) in [5.41, 5.74) is -0.135. The van der Waals surface area contributed by atoms with E-state index in [1.807, 2.05) is 6.92 Å². The zero-order valence-corrected chi connectivity index (χ0v) is 10.3. The number of hydrogen-bond donors (Lipinski definition) is 1. The Morgan fingerprint density at radius 1 is 1.18 bits per heavy atom. The van der Waals surface area contributed by atoms with Crippen LogP contribution in [0.2, 0.25) is 0 Å². The summed E-state index contributed by atoms with van der Waals surface area (Å²) in [5, 5.41) is 3.65. The third-order valence-electron chi connectivity index (χ3n) is 4.98. The van der Waals surface area contributed by atoms with E-state index in [0.29, 0.717) is 24.2 Å². The molecule has 4 heterocycles. The van der Waals surface area contributed by atoms with E-state index in [1.165, 1.54) is 0 Å². The fraction of sp³-hybridized carbons (Fsp3) is 0.923. The van der Waals surface area contributed by atoms with Gasteiger partial charge in [-0.15, -0.1) is 0 Å². The second-order valence-electron chi connectivity index (χ2n) is 6.54.